The first kappa shape index (κ1) is 13.1. The largest absolute Gasteiger partial charge is 0.387 e. The Morgan fingerprint density at radius 3 is 2.62 bits per heavy atom. The summed E-state index contributed by atoms with van der Waals surface area (Å²) in [5.74, 6) is 0. The molecule has 0 aromatic heterocycles. The molecule has 2 atom stereocenters. The molecule has 21 heavy (non-hydrogen) atoms. The molecule has 2 unspecified atom stereocenters. The van der Waals surface area contributed by atoms with Crippen LogP contribution in [0.2, 0.25) is 0 Å². The number of fused-ring (bicyclic) bond motifs is 3. The third kappa shape index (κ3) is 1.80. The van der Waals surface area contributed by atoms with Gasteiger partial charge in [-0.05, 0) is 59.9 Å². The summed E-state index contributed by atoms with van der Waals surface area (Å²) in [5, 5.41) is 11.2. The molecule has 108 valence electrons. The monoisotopic (exact) mass is 278 g/mol. The predicted octanol–water partition coefficient (Wildman–Crippen LogP) is 4.11. The average Bonchev–Trinajstić information content (AvgIpc) is 2.91. The molecule has 1 spiro atoms. The van der Waals surface area contributed by atoms with Gasteiger partial charge in [0.05, 0.1) is 6.10 Å². The quantitative estimate of drug-likeness (QED) is 0.832. The molecule has 2 aromatic carbocycles. The molecule has 2 aliphatic carbocycles. The maximum absolute atomic E-state index is 11.2. The van der Waals surface area contributed by atoms with Crippen LogP contribution < -0.4 is 0 Å². The molecule has 2 aliphatic rings. The van der Waals surface area contributed by atoms with E-state index in [2.05, 4.69) is 49.4 Å². The molecule has 1 heteroatoms. The summed E-state index contributed by atoms with van der Waals surface area (Å²) in [6.45, 7) is 2.18. The summed E-state index contributed by atoms with van der Waals surface area (Å²) in [4.78, 5) is 0. The highest BCUT2D eigenvalue weighted by Gasteiger charge is 2.47. The Kier molecular flexibility index (Phi) is 2.93. The Bertz CT molecular complexity index is 688. The second-order valence-corrected chi connectivity index (χ2v) is 6.60. The topological polar surface area (TPSA) is 20.2 Å². The van der Waals surface area contributed by atoms with Crippen molar-refractivity contribution in [2.45, 2.75) is 50.5 Å². The third-order valence-corrected chi connectivity index (χ3v) is 5.67. The van der Waals surface area contributed by atoms with Crippen molar-refractivity contribution in [3.05, 3.63) is 70.3 Å². The van der Waals surface area contributed by atoms with Crippen LogP contribution in [0.15, 0.2) is 42.5 Å². The van der Waals surface area contributed by atoms with E-state index in [1.54, 1.807) is 0 Å². The Morgan fingerprint density at radius 2 is 1.81 bits per heavy atom. The number of aliphatic hydroxyl groups excluding tert-OH is 1. The van der Waals surface area contributed by atoms with Crippen molar-refractivity contribution < 1.29 is 5.11 Å². The first-order chi connectivity index (χ1) is 10.2. The van der Waals surface area contributed by atoms with Gasteiger partial charge in [-0.1, -0.05) is 49.4 Å². The fraction of sp³-hybridized carbons (Fsp3) is 0.400. The summed E-state index contributed by atoms with van der Waals surface area (Å²) in [5.41, 5.74) is 6.63. The molecule has 0 amide bonds. The summed E-state index contributed by atoms with van der Waals surface area (Å²) in [7, 11) is 0. The molecule has 0 aliphatic heterocycles. The Balaban J connectivity index is 1.84. The van der Waals surface area contributed by atoms with Crippen LogP contribution in [0.5, 0.6) is 0 Å². The van der Waals surface area contributed by atoms with Crippen LogP contribution in [0.25, 0.3) is 0 Å². The Morgan fingerprint density at radius 1 is 1.05 bits per heavy atom. The average molecular weight is 278 g/mol. The lowest BCUT2D eigenvalue weighted by Crippen LogP contribution is -2.36. The minimum Gasteiger partial charge on any atom is -0.387 e. The van der Waals surface area contributed by atoms with Crippen LogP contribution in [0, 0.1) is 0 Å². The van der Waals surface area contributed by atoms with Crippen LogP contribution in [-0.2, 0) is 24.7 Å². The molecule has 0 fully saturated rings. The third-order valence-electron chi connectivity index (χ3n) is 5.67. The van der Waals surface area contributed by atoms with Crippen LogP contribution in [0.3, 0.4) is 0 Å². The SMILES string of the molecule is CCc1ccc2c(c1)C(O)C1(CC2)CCc2ccccc21. The zero-order chi connectivity index (χ0) is 14.4. The van der Waals surface area contributed by atoms with Gasteiger partial charge in [0.15, 0.2) is 0 Å². The van der Waals surface area contributed by atoms with E-state index in [1.165, 1.54) is 27.8 Å². The lowest BCUT2D eigenvalue weighted by atomic mass is 9.66. The number of rotatable bonds is 1. The van der Waals surface area contributed by atoms with Gasteiger partial charge < -0.3 is 5.11 Å². The summed E-state index contributed by atoms with van der Waals surface area (Å²) < 4.78 is 0. The van der Waals surface area contributed by atoms with Crippen LogP contribution in [0.4, 0.5) is 0 Å². The lowest BCUT2D eigenvalue weighted by Gasteiger charge is -2.41. The van der Waals surface area contributed by atoms with Crippen LogP contribution in [0.1, 0.15) is 53.7 Å². The summed E-state index contributed by atoms with van der Waals surface area (Å²) in [6.07, 6.45) is 5.04. The van der Waals surface area contributed by atoms with Crippen LogP contribution in [-0.4, -0.2) is 5.11 Å². The number of benzene rings is 2. The molecule has 4 rings (SSSR count). The van der Waals surface area contributed by atoms with Gasteiger partial charge in [0, 0.05) is 5.41 Å². The van der Waals surface area contributed by atoms with E-state index in [1.807, 2.05) is 0 Å². The van der Waals surface area contributed by atoms with Gasteiger partial charge in [-0.2, -0.15) is 0 Å². The van der Waals surface area contributed by atoms with Crippen molar-refractivity contribution in [3.8, 4) is 0 Å². The van der Waals surface area contributed by atoms with Crippen molar-refractivity contribution >= 4 is 0 Å². The molecule has 0 bridgehead atoms. The molecule has 1 nitrogen and oxygen atoms in total. The lowest BCUT2D eigenvalue weighted by molar-refractivity contribution is 0.0642. The fourth-order valence-electron chi connectivity index (χ4n) is 4.40. The van der Waals surface area contributed by atoms with E-state index >= 15 is 0 Å². The van der Waals surface area contributed by atoms with Gasteiger partial charge in [0.2, 0.25) is 0 Å². The van der Waals surface area contributed by atoms with Crippen molar-refractivity contribution in [2.75, 3.05) is 0 Å². The molecule has 0 heterocycles. The summed E-state index contributed by atoms with van der Waals surface area (Å²) >= 11 is 0. The molecular weight excluding hydrogens is 256 g/mol. The van der Waals surface area contributed by atoms with Gasteiger partial charge in [0.1, 0.15) is 0 Å². The highest BCUT2D eigenvalue weighted by atomic mass is 16.3. The number of aliphatic hydroxyl groups is 1. The zero-order valence-corrected chi connectivity index (χ0v) is 12.6. The Labute approximate surface area is 126 Å². The van der Waals surface area contributed by atoms with Gasteiger partial charge in [-0.15, -0.1) is 0 Å². The maximum Gasteiger partial charge on any atom is 0.0889 e. The second kappa shape index (κ2) is 4.71. The number of hydrogen-bond donors (Lipinski definition) is 1. The minimum atomic E-state index is -0.351. The van der Waals surface area contributed by atoms with Crippen molar-refractivity contribution in [3.63, 3.8) is 0 Å². The van der Waals surface area contributed by atoms with Gasteiger partial charge in [-0.25, -0.2) is 0 Å². The minimum absolute atomic E-state index is 0.0457. The van der Waals surface area contributed by atoms with Crippen LogP contribution >= 0.6 is 0 Å². The molecule has 2 aromatic rings. The summed E-state index contributed by atoms with van der Waals surface area (Å²) in [6, 6.07) is 15.4. The highest BCUT2D eigenvalue weighted by molar-refractivity contribution is 5.47. The van der Waals surface area contributed by atoms with E-state index in [0.29, 0.717) is 0 Å². The van der Waals surface area contributed by atoms with E-state index in [-0.39, 0.29) is 11.5 Å². The first-order valence-electron chi connectivity index (χ1n) is 8.13. The molecule has 0 saturated carbocycles. The zero-order valence-electron chi connectivity index (χ0n) is 12.6. The smallest absolute Gasteiger partial charge is 0.0889 e. The standard InChI is InChI=1S/C20H22O/c1-2-14-7-8-15-9-11-20(19(21)17(15)13-14)12-10-16-5-3-4-6-18(16)20/h3-8,13,19,21H,2,9-12H2,1H3. The highest BCUT2D eigenvalue weighted by Crippen LogP contribution is 2.53. The van der Waals surface area contributed by atoms with Crippen molar-refractivity contribution in [2.24, 2.45) is 0 Å². The fourth-order valence-corrected chi connectivity index (χ4v) is 4.40. The molecular formula is C20H22O. The van der Waals surface area contributed by atoms with Gasteiger partial charge in [0.25, 0.3) is 0 Å². The predicted molar refractivity (Wildman–Crippen MR) is 85.5 cm³/mol. The Hall–Kier alpha value is -1.60. The number of aryl methyl sites for hydroxylation is 3. The second-order valence-electron chi connectivity index (χ2n) is 6.60. The first-order valence-corrected chi connectivity index (χ1v) is 8.13. The van der Waals surface area contributed by atoms with Crippen molar-refractivity contribution in [1.29, 1.82) is 0 Å². The van der Waals surface area contributed by atoms with E-state index in [9.17, 15) is 5.11 Å². The van der Waals surface area contributed by atoms with E-state index < -0.39 is 0 Å². The molecule has 0 saturated heterocycles. The van der Waals surface area contributed by atoms with Gasteiger partial charge in [-0.3, -0.25) is 0 Å². The maximum atomic E-state index is 11.2. The molecule has 1 N–H and O–H groups in total. The normalized spacial score (nSPS) is 26.7. The van der Waals surface area contributed by atoms with Gasteiger partial charge >= 0.3 is 0 Å². The van der Waals surface area contributed by atoms with E-state index in [4.69, 9.17) is 0 Å². The van der Waals surface area contributed by atoms with E-state index in [0.717, 1.165) is 32.1 Å². The number of hydrogen-bond acceptors (Lipinski definition) is 1. The molecule has 0 radical (unpaired) electrons. The van der Waals surface area contributed by atoms with Crippen molar-refractivity contribution in [1.82, 2.24) is 0 Å².